The van der Waals surface area contributed by atoms with Gasteiger partial charge in [0.1, 0.15) is 11.4 Å². The van der Waals surface area contributed by atoms with Crippen LogP contribution >= 0.6 is 0 Å². The molecule has 1 fully saturated rings. The van der Waals surface area contributed by atoms with E-state index in [-0.39, 0.29) is 17.5 Å². The Bertz CT molecular complexity index is 542. The second kappa shape index (κ2) is 8.59. The molecule has 0 aliphatic carbocycles. The summed E-state index contributed by atoms with van der Waals surface area (Å²) in [4.78, 5) is 32.7. The molecule has 0 unspecified atom stereocenters. The first-order valence-corrected chi connectivity index (χ1v) is 7.84. The molecule has 0 bridgehead atoms. The molecule has 23 heavy (non-hydrogen) atoms. The van der Waals surface area contributed by atoms with E-state index in [9.17, 15) is 9.59 Å². The minimum atomic E-state index is -0.269. The fraction of sp³-hybridized carbons (Fsp3) is 0.562. The number of aromatic nitrogens is 1. The van der Waals surface area contributed by atoms with Gasteiger partial charge in [0.15, 0.2) is 0 Å². The van der Waals surface area contributed by atoms with Crippen molar-refractivity contribution in [3.05, 3.63) is 29.6 Å². The summed E-state index contributed by atoms with van der Waals surface area (Å²) in [5.74, 6) is -0.388. The molecule has 2 amide bonds. The van der Waals surface area contributed by atoms with Crippen LogP contribution in [0.3, 0.4) is 0 Å². The summed E-state index contributed by atoms with van der Waals surface area (Å²) in [6.07, 6.45) is 0.738. The van der Waals surface area contributed by atoms with Crippen molar-refractivity contribution in [3.63, 3.8) is 0 Å². The number of rotatable bonds is 6. The van der Waals surface area contributed by atoms with Crippen LogP contribution in [0.25, 0.3) is 0 Å². The van der Waals surface area contributed by atoms with Gasteiger partial charge in [0.05, 0.1) is 0 Å². The van der Waals surface area contributed by atoms with E-state index < -0.39 is 0 Å². The second-order valence-corrected chi connectivity index (χ2v) is 5.61. The van der Waals surface area contributed by atoms with Gasteiger partial charge in [0.25, 0.3) is 11.8 Å². The van der Waals surface area contributed by atoms with Gasteiger partial charge in [-0.25, -0.2) is 4.98 Å². The topological polar surface area (TPSA) is 74.8 Å². The Hall–Kier alpha value is -1.99. The van der Waals surface area contributed by atoms with Crippen LogP contribution < -0.4 is 5.32 Å². The van der Waals surface area contributed by atoms with Crippen molar-refractivity contribution in [3.8, 4) is 0 Å². The maximum atomic E-state index is 12.5. The van der Waals surface area contributed by atoms with Gasteiger partial charge in [-0.2, -0.15) is 0 Å². The van der Waals surface area contributed by atoms with Gasteiger partial charge in [0, 0.05) is 46.4 Å². The third-order valence-corrected chi connectivity index (χ3v) is 3.80. The number of amides is 2. The van der Waals surface area contributed by atoms with Gasteiger partial charge in [-0.05, 0) is 25.6 Å². The number of pyridine rings is 1. The van der Waals surface area contributed by atoms with Crippen LogP contribution in [0.5, 0.6) is 0 Å². The first-order chi connectivity index (χ1) is 11.1. The SMILES string of the molecule is COCCCNC(=O)c1cccc(C(=O)N2CCN(C)CC2)n1. The fourth-order valence-corrected chi connectivity index (χ4v) is 2.36. The van der Waals surface area contributed by atoms with E-state index >= 15 is 0 Å². The lowest BCUT2D eigenvalue weighted by atomic mass is 10.2. The van der Waals surface area contributed by atoms with Crippen LogP contribution in [0.2, 0.25) is 0 Å². The van der Waals surface area contributed by atoms with E-state index in [1.165, 1.54) is 0 Å². The summed E-state index contributed by atoms with van der Waals surface area (Å²) in [6, 6.07) is 4.97. The van der Waals surface area contributed by atoms with Gasteiger partial charge >= 0.3 is 0 Å². The average molecular weight is 320 g/mol. The zero-order chi connectivity index (χ0) is 16.7. The molecular weight excluding hydrogens is 296 g/mol. The van der Waals surface area contributed by atoms with E-state index in [4.69, 9.17) is 4.74 Å². The summed E-state index contributed by atoms with van der Waals surface area (Å²) >= 11 is 0. The zero-order valence-electron chi connectivity index (χ0n) is 13.7. The first kappa shape index (κ1) is 17.4. The van der Waals surface area contributed by atoms with E-state index in [0.29, 0.717) is 31.9 Å². The summed E-state index contributed by atoms with van der Waals surface area (Å²) < 4.78 is 4.93. The highest BCUT2D eigenvalue weighted by Gasteiger charge is 2.22. The lowest BCUT2D eigenvalue weighted by molar-refractivity contribution is 0.0658. The molecule has 126 valence electrons. The smallest absolute Gasteiger partial charge is 0.272 e. The van der Waals surface area contributed by atoms with Crippen molar-refractivity contribution in [1.29, 1.82) is 0 Å². The highest BCUT2D eigenvalue weighted by atomic mass is 16.5. The number of carbonyl (C=O) groups is 2. The van der Waals surface area contributed by atoms with Gasteiger partial charge in [-0.15, -0.1) is 0 Å². The van der Waals surface area contributed by atoms with Crippen LogP contribution in [0.15, 0.2) is 18.2 Å². The predicted molar refractivity (Wildman–Crippen MR) is 86.5 cm³/mol. The normalized spacial score (nSPS) is 15.5. The Morgan fingerprint density at radius 3 is 2.61 bits per heavy atom. The maximum Gasteiger partial charge on any atom is 0.272 e. The molecule has 2 rings (SSSR count). The zero-order valence-corrected chi connectivity index (χ0v) is 13.7. The molecule has 1 aliphatic rings. The minimum Gasteiger partial charge on any atom is -0.385 e. The van der Waals surface area contributed by atoms with Gasteiger partial charge in [0.2, 0.25) is 0 Å². The van der Waals surface area contributed by atoms with E-state index in [0.717, 1.165) is 19.5 Å². The highest BCUT2D eigenvalue weighted by Crippen LogP contribution is 2.07. The number of ether oxygens (including phenoxy) is 1. The second-order valence-electron chi connectivity index (χ2n) is 5.61. The Labute approximate surface area is 136 Å². The van der Waals surface area contributed by atoms with Crippen molar-refractivity contribution < 1.29 is 14.3 Å². The Kier molecular flexibility index (Phi) is 6.49. The molecule has 1 N–H and O–H groups in total. The molecule has 0 spiro atoms. The summed E-state index contributed by atoms with van der Waals surface area (Å²) in [7, 11) is 3.66. The van der Waals surface area contributed by atoms with Crippen molar-refractivity contribution in [2.75, 3.05) is 53.5 Å². The van der Waals surface area contributed by atoms with Crippen molar-refractivity contribution >= 4 is 11.8 Å². The monoisotopic (exact) mass is 320 g/mol. The number of piperazine rings is 1. The van der Waals surface area contributed by atoms with Gasteiger partial charge in [-0.1, -0.05) is 6.07 Å². The predicted octanol–water partition coefficient (Wildman–Crippen LogP) is 0.236. The van der Waals surface area contributed by atoms with Crippen LogP contribution in [-0.2, 0) is 4.74 Å². The molecule has 2 heterocycles. The Balaban J connectivity index is 1.96. The Morgan fingerprint density at radius 2 is 1.91 bits per heavy atom. The third kappa shape index (κ3) is 5.01. The molecule has 7 nitrogen and oxygen atoms in total. The van der Waals surface area contributed by atoms with Gasteiger partial charge < -0.3 is 19.9 Å². The maximum absolute atomic E-state index is 12.5. The molecule has 1 saturated heterocycles. The van der Waals surface area contributed by atoms with E-state index in [2.05, 4.69) is 15.2 Å². The molecule has 0 saturated carbocycles. The molecule has 0 aromatic carbocycles. The van der Waals surface area contributed by atoms with E-state index in [1.54, 1.807) is 30.2 Å². The lowest BCUT2D eigenvalue weighted by Crippen LogP contribution is -2.47. The molecule has 0 atom stereocenters. The molecule has 1 aliphatic heterocycles. The Morgan fingerprint density at radius 1 is 1.22 bits per heavy atom. The molecular formula is C16H24N4O3. The highest BCUT2D eigenvalue weighted by molar-refractivity contribution is 5.96. The third-order valence-electron chi connectivity index (χ3n) is 3.80. The standard InChI is InChI=1S/C16H24N4O3/c1-19-8-10-20(11-9-19)16(22)14-6-3-5-13(18-14)15(21)17-7-4-12-23-2/h3,5-6H,4,7-12H2,1-2H3,(H,17,21). The van der Waals surface area contributed by atoms with E-state index in [1.807, 2.05) is 7.05 Å². The molecule has 1 aromatic heterocycles. The number of likely N-dealkylation sites (N-methyl/N-ethyl adjacent to an activating group) is 1. The van der Waals surface area contributed by atoms with Crippen molar-refractivity contribution in [2.24, 2.45) is 0 Å². The first-order valence-electron chi connectivity index (χ1n) is 7.84. The number of carbonyl (C=O) groups excluding carboxylic acids is 2. The number of nitrogens with one attached hydrogen (secondary N) is 1. The van der Waals surface area contributed by atoms with Crippen molar-refractivity contribution in [1.82, 2.24) is 20.1 Å². The molecule has 1 aromatic rings. The molecule has 0 radical (unpaired) electrons. The summed E-state index contributed by atoms with van der Waals surface area (Å²) in [6.45, 7) is 4.19. The van der Waals surface area contributed by atoms with Crippen LogP contribution in [0.1, 0.15) is 27.4 Å². The molecule has 7 heteroatoms. The lowest BCUT2D eigenvalue weighted by Gasteiger charge is -2.32. The summed E-state index contributed by atoms with van der Waals surface area (Å²) in [5.41, 5.74) is 0.585. The quantitative estimate of drug-likeness (QED) is 0.760. The summed E-state index contributed by atoms with van der Waals surface area (Å²) in [5, 5.41) is 2.77. The van der Waals surface area contributed by atoms with Crippen LogP contribution in [0.4, 0.5) is 0 Å². The van der Waals surface area contributed by atoms with Crippen molar-refractivity contribution in [2.45, 2.75) is 6.42 Å². The van der Waals surface area contributed by atoms with Crippen LogP contribution in [-0.4, -0.2) is 80.1 Å². The average Bonchev–Trinajstić information content (AvgIpc) is 2.59. The number of hydrogen-bond acceptors (Lipinski definition) is 5. The number of methoxy groups -OCH3 is 1. The minimum absolute atomic E-state index is 0.118. The number of hydrogen-bond donors (Lipinski definition) is 1. The van der Waals surface area contributed by atoms with Crippen LogP contribution in [0, 0.1) is 0 Å². The fourth-order valence-electron chi connectivity index (χ4n) is 2.36. The number of nitrogens with zero attached hydrogens (tertiary/aromatic N) is 3. The largest absolute Gasteiger partial charge is 0.385 e. The van der Waals surface area contributed by atoms with Gasteiger partial charge in [-0.3, -0.25) is 9.59 Å².